The Hall–Kier alpha value is -0.530. The van der Waals surface area contributed by atoms with Gasteiger partial charge >= 0.3 is 0 Å². The maximum absolute atomic E-state index is 10.9. The summed E-state index contributed by atoms with van der Waals surface area (Å²) in [5.41, 5.74) is -0.752. The highest BCUT2D eigenvalue weighted by Gasteiger charge is 2.35. The van der Waals surface area contributed by atoms with E-state index < -0.39 is 5.60 Å². The number of hydrogen-bond donors (Lipinski definition) is 1. The van der Waals surface area contributed by atoms with Gasteiger partial charge in [0.2, 0.25) is 0 Å². The first-order valence-electron chi connectivity index (χ1n) is 7.37. The summed E-state index contributed by atoms with van der Waals surface area (Å²) in [4.78, 5) is 8.96. The Morgan fingerprint density at radius 2 is 2.15 bits per heavy atom. The molecule has 1 aromatic rings. The molecule has 0 saturated carbocycles. The minimum absolute atomic E-state index is 0.442. The van der Waals surface area contributed by atoms with Gasteiger partial charge in [0.1, 0.15) is 10.6 Å². The van der Waals surface area contributed by atoms with E-state index in [1.165, 1.54) is 12.8 Å². The van der Waals surface area contributed by atoms with E-state index in [0.29, 0.717) is 19.8 Å². The molecule has 2 aliphatic rings. The number of aromatic nitrogens is 1. The number of thiazole rings is 1. The molecule has 0 aliphatic carbocycles. The number of β-amino-alcohol motifs (C(OH)–C–C–N with tert-alkyl or cyclic N) is 1. The summed E-state index contributed by atoms with van der Waals surface area (Å²) in [5.74, 6) is 0. The smallest absolute Gasteiger partial charge is 0.113 e. The standard InChI is InChI=1S/C14H23N3O2S/c18-14(10-16-4-1-2-5-16)11-17(6-7-19-12-14)9-13-15-3-8-20-13/h3,8,18H,1-2,4-7,9-12H2/t14-/m1/s1. The van der Waals surface area contributed by atoms with Crippen LogP contribution in [0.3, 0.4) is 0 Å². The van der Waals surface area contributed by atoms with Gasteiger partial charge in [-0.25, -0.2) is 4.98 Å². The number of likely N-dealkylation sites (tertiary alicyclic amines) is 1. The molecule has 5 nitrogen and oxygen atoms in total. The molecule has 112 valence electrons. The van der Waals surface area contributed by atoms with Gasteiger partial charge in [-0.1, -0.05) is 0 Å². The van der Waals surface area contributed by atoms with Crippen LogP contribution in [0.2, 0.25) is 0 Å². The van der Waals surface area contributed by atoms with Gasteiger partial charge in [0.05, 0.1) is 19.8 Å². The molecule has 1 aromatic heterocycles. The molecule has 2 aliphatic heterocycles. The van der Waals surface area contributed by atoms with Crippen LogP contribution in [0.1, 0.15) is 17.8 Å². The maximum atomic E-state index is 10.9. The highest BCUT2D eigenvalue weighted by molar-refractivity contribution is 7.09. The van der Waals surface area contributed by atoms with E-state index in [2.05, 4.69) is 14.8 Å². The van der Waals surface area contributed by atoms with E-state index in [-0.39, 0.29) is 0 Å². The van der Waals surface area contributed by atoms with Crippen LogP contribution >= 0.6 is 11.3 Å². The monoisotopic (exact) mass is 297 g/mol. The van der Waals surface area contributed by atoms with Crippen molar-refractivity contribution in [3.8, 4) is 0 Å². The largest absolute Gasteiger partial charge is 0.385 e. The summed E-state index contributed by atoms with van der Waals surface area (Å²) in [7, 11) is 0. The number of aliphatic hydroxyl groups is 1. The van der Waals surface area contributed by atoms with Crippen LogP contribution in [0.25, 0.3) is 0 Å². The molecule has 1 N–H and O–H groups in total. The molecule has 0 bridgehead atoms. The van der Waals surface area contributed by atoms with Crippen LogP contribution in [0.5, 0.6) is 0 Å². The summed E-state index contributed by atoms with van der Waals surface area (Å²) >= 11 is 1.67. The molecule has 0 radical (unpaired) electrons. The van der Waals surface area contributed by atoms with Crippen molar-refractivity contribution in [2.45, 2.75) is 25.0 Å². The molecule has 0 amide bonds. The van der Waals surface area contributed by atoms with E-state index in [0.717, 1.165) is 37.7 Å². The third kappa shape index (κ3) is 3.77. The van der Waals surface area contributed by atoms with Crippen molar-refractivity contribution >= 4 is 11.3 Å². The van der Waals surface area contributed by atoms with Gasteiger partial charge in [-0.05, 0) is 25.9 Å². The van der Waals surface area contributed by atoms with Crippen molar-refractivity contribution in [2.75, 3.05) is 45.9 Å². The Morgan fingerprint density at radius 3 is 2.90 bits per heavy atom. The zero-order valence-electron chi connectivity index (χ0n) is 11.8. The molecule has 0 unspecified atom stereocenters. The fraction of sp³-hybridized carbons (Fsp3) is 0.786. The lowest BCUT2D eigenvalue weighted by Gasteiger charge is -2.33. The van der Waals surface area contributed by atoms with Crippen molar-refractivity contribution in [1.82, 2.24) is 14.8 Å². The Morgan fingerprint density at radius 1 is 1.30 bits per heavy atom. The molecule has 0 aromatic carbocycles. The maximum Gasteiger partial charge on any atom is 0.113 e. The number of nitrogens with zero attached hydrogens (tertiary/aromatic N) is 3. The third-order valence-electron chi connectivity index (χ3n) is 4.00. The van der Waals surface area contributed by atoms with Gasteiger partial charge in [0.15, 0.2) is 0 Å². The molecular formula is C14H23N3O2S. The predicted molar refractivity (Wildman–Crippen MR) is 78.8 cm³/mol. The molecule has 1 atom stereocenters. The molecule has 3 heterocycles. The lowest BCUT2D eigenvalue weighted by atomic mass is 10.0. The third-order valence-corrected chi connectivity index (χ3v) is 4.76. The number of ether oxygens (including phenoxy) is 1. The summed E-state index contributed by atoms with van der Waals surface area (Å²) < 4.78 is 5.63. The second-order valence-electron chi connectivity index (χ2n) is 5.90. The van der Waals surface area contributed by atoms with E-state index in [1.807, 2.05) is 11.6 Å². The minimum Gasteiger partial charge on any atom is -0.385 e. The van der Waals surface area contributed by atoms with Crippen molar-refractivity contribution in [3.05, 3.63) is 16.6 Å². The van der Waals surface area contributed by atoms with Gasteiger partial charge < -0.3 is 14.7 Å². The molecule has 20 heavy (non-hydrogen) atoms. The van der Waals surface area contributed by atoms with Crippen LogP contribution < -0.4 is 0 Å². The lowest BCUT2D eigenvalue weighted by molar-refractivity contribution is -0.0548. The Kier molecular flexibility index (Phi) is 4.68. The average Bonchev–Trinajstić information content (AvgIpc) is 3.05. The zero-order chi connectivity index (χ0) is 13.8. The summed E-state index contributed by atoms with van der Waals surface area (Å²) in [6, 6.07) is 0. The summed E-state index contributed by atoms with van der Waals surface area (Å²) in [6.07, 6.45) is 4.34. The Balaban J connectivity index is 1.61. The fourth-order valence-corrected chi connectivity index (χ4v) is 3.76. The van der Waals surface area contributed by atoms with Crippen LogP contribution in [0, 0.1) is 0 Å². The van der Waals surface area contributed by atoms with E-state index in [9.17, 15) is 5.11 Å². The molecule has 3 rings (SSSR count). The number of rotatable bonds is 4. The Bertz CT molecular complexity index is 409. The lowest BCUT2D eigenvalue weighted by Crippen LogP contribution is -2.51. The quantitative estimate of drug-likeness (QED) is 0.891. The molecule has 2 saturated heterocycles. The van der Waals surface area contributed by atoms with Gasteiger partial charge in [-0.15, -0.1) is 11.3 Å². The minimum atomic E-state index is -0.752. The van der Waals surface area contributed by atoms with Crippen LogP contribution in [0.15, 0.2) is 11.6 Å². The van der Waals surface area contributed by atoms with Crippen LogP contribution in [0.4, 0.5) is 0 Å². The summed E-state index contributed by atoms with van der Waals surface area (Å²) in [6.45, 7) is 6.41. The van der Waals surface area contributed by atoms with Gasteiger partial charge in [-0.2, -0.15) is 0 Å². The van der Waals surface area contributed by atoms with Crippen molar-refractivity contribution in [2.24, 2.45) is 0 Å². The topological polar surface area (TPSA) is 48.8 Å². The second kappa shape index (κ2) is 6.49. The number of hydrogen-bond acceptors (Lipinski definition) is 6. The molecule has 6 heteroatoms. The normalized spacial score (nSPS) is 29.6. The highest BCUT2D eigenvalue weighted by Crippen LogP contribution is 2.19. The average molecular weight is 297 g/mol. The Labute approximate surface area is 124 Å². The van der Waals surface area contributed by atoms with Crippen LogP contribution in [-0.2, 0) is 11.3 Å². The highest BCUT2D eigenvalue weighted by atomic mass is 32.1. The van der Waals surface area contributed by atoms with Gasteiger partial charge in [0, 0.05) is 31.2 Å². The first kappa shape index (κ1) is 14.4. The fourth-order valence-electron chi connectivity index (χ4n) is 3.11. The predicted octanol–water partition coefficient (Wildman–Crippen LogP) is 0.802. The van der Waals surface area contributed by atoms with E-state index in [4.69, 9.17) is 4.74 Å². The van der Waals surface area contributed by atoms with E-state index in [1.54, 1.807) is 11.3 Å². The molecular weight excluding hydrogens is 274 g/mol. The van der Waals surface area contributed by atoms with Crippen molar-refractivity contribution < 1.29 is 9.84 Å². The van der Waals surface area contributed by atoms with Crippen molar-refractivity contribution in [1.29, 1.82) is 0 Å². The van der Waals surface area contributed by atoms with Gasteiger partial charge in [0.25, 0.3) is 0 Å². The molecule has 0 spiro atoms. The SMILES string of the molecule is O[C@@]1(CN2CCCC2)COCCN(Cc2nccs2)C1. The van der Waals surface area contributed by atoms with Gasteiger partial charge in [-0.3, -0.25) is 4.90 Å². The first-order chi connectivity index (χ1) is 9.73. The molecule has 2 fully saturated rings. The van der Waals surface area contributed by atoms with E-state index >= 15 is 0 Å². The summed E-state index contributed by atoms with van der Waals surface area (Å²) in [5, 5.41) is 14.0. The van der Waals surface area contributed by atoms with Crippen LogP contribution in [-0.4, -0.2) is 71.4 Å². The zero-order valence-corrected chi connectivity index (χ0v) is 12.6. The van der Waals surface area contributed by atoms with Crippen molar-refractivity contribution in [3.63, 3.8) is 0 Å². The second-order valence-corrected chi connectivity index (χ2v) is 6.88. The first-order valence-corrected chi connectivity index (χ1v) is 8.25.